The molecule has 2 aromatic heterocycles. The van der Waals surface area contributed by atoms with E-state index < -0.39 is 0 Å². The smallest absolute Gasteiger partial charge is 0.289 e. The van der Waals surface area contributed by atoms with Crippen molar-refractivity contribution < 1.29 is 19.0 Å². The van der Waals surface area contributed by atoms with Crippen LogP contribution >= 0.6 is 0 Å². The van der Waals surface area contributed by atoms with Crippen molar-refractivity contribution in [2.24, 2.45) is 0 Å². The highest BCUT2D eigenvalue weighted by Gasteiger charge is 2.20. The van der Waals surface area contributed by atoms with Crippen LogP contribution in [0.15, 0.2) is 48.7 Å². The van der Waals surface area contributed by atoms with Crippen molar-refractivity contribution in [3.05, 3.63) is 60.3 Å². The van der Waals surface area contributed by atoms with E-state index in [0.717, 1.165) is 5.75 Å². The van der Waals surface area contributed by atoms with Crippen LogP contribution in [0.3, 0.4) is 0 Å². The molecule has 1 aromatic carbocycles. The van der Waals surface area contributed by atoms with Gasteiger partial charge in [-0.1, -0.05) is 18.2 Å². The van der Waals surface area contributed by atoms with E-state index in [9.17, 15) is 4.79 Å². The first-order valence-corrected chi connectivity index (χ1v) is 8.62. The molecule has 3 aromatic rings. The van der Waals surface area contributed by atoms with Crippen molar-refractivity contribution in [1.82, 2.24) is 25.1 Å². The van der Waals surface area contributed by atoms with Crippen molar-refractivity contribution in [3.63, 3.8) is 0 Å². The summed E-state index contributed by atoms with van der Waals surface area (Å²) >= 11 is 0. The molecule has 0 aliphatic carbocycles. The molecule has 1 N–H and O–H groups in total. The van der Waals surface area contributed by atoms with Gasteiger partial charge < -0.3 is 19.5 Å². The fourth-order valence-corrected chi connectivity index (χ4v) is 2.51. The summed E-state index contributed by atoms with van der Waals surface area (Å²) in [6.45, 7) is 0.851. The molecule has 0 fully saturated rings. The lowest BCUT2D eigenvalue weighted by Crippen LogP contribution is -2.30. The summed E-state index contributed by atoms with van der Waals surface area (Å²) in [5, 5.41) is 10.9. The van der Waals surface area contributed by atoms with Gasteiger partial charge in [-0.25, -0.2) is 4.98 Å². The monoisotopic (exact) mass is 383 g/mol. The largest absolute Gasteiger partial charge is 0.492 e. The van der Waals surface area contributed by atoms with E-state index in [2.05, 4.69) is 20.5 Å². The maximum Gasteiger partial charge on any atom is 0.289 e. The molecular formula is C19H21N5O4. The predicted molar refractivity (Wildman–Crippen MR) is 101 cm³/mol. The molecule has 0 aliphatic heterocycles. The standard InChI is InChI=1S/C19H21N5O4/c1-26-13-16-22-23-18(24(16)14-8-9-17(27-2)21-12-14)19(25)20-10-11-28-15-6-4-3-5-7-15/h3-9,12H,10-11,13H2,1-2H3,(H,20,25). The number of hydrogen-bond acceptors (Lipinski definition) is 7. The Bertz CT molecular complexity index is 896. The van der Waals surface area contributed by atoms with Crippen LogP contribution in [0.1, 0.15) is 16.4 Å². The molecule has 0 radical (unpaired) electrons. The molecule has 0 saturated heterocycles. The minimum Gasteiger partial charge on any atom is -0.492 e. The third kappa shape index (κ3) is 4.63. The van der Waals surface area contributed by atoms with Crippen molar-refractivity contribution >= 4 is 5.91 Å². The number of rotatable bonds is 9. The van der Waals surface area contributed by atoms with E-state index in [1.54, 1.807) is 30.0 Å². The normalized spacial score (nSPS) is 10.5. The molecule has 0 saturated carbocycles. The van der Waals surface area contributed by atoms with E-state index in [-0.39, 0.29) is 18.3 Å². The van der Waals surface area contributed by atoms with E-state index >= 15 is 0 Å². The lowest BCUT2D eigenvalue weighted by Gasteiger charge is -2.11. The van der Waals surface area contributed by atoms with Gasteiger partial charge >= 0.3 is 0 Å². The highest BCUT2D eigenvalue weighted by Crippen LogP contribution is 2.16. The number of carbonyl (C=O) groups is 1. The van der Waals surface area contributed by atoms with Gasteiger partial charge in [0.2, 0.25) is 11.7 Å². The number of pyridine rings is 1. The Balaban J connectivity index is 1.70. The molecule has 9 nitrogen and oxygen atoms in total. The van der Waals surface area contributed by atoms with Gasteiger partial charge in [0.1, 0.15) is 19.0 Å². The number of aromatic nitrogens is 4. The Hall–Kier alpha value is -3.46. The second-order valence-corrected chi connectivity index (χ2v) is 5.68. The minimum absolute atomic E-state index is 0.138. The third-order valence-corrected chi connectivity index (χ3v) is 3.79. The lowest BCUT2D eigenvalue weighted by molar-refractivity contribution is 0.0934. The van der Waals surface area contributed by atoms with Crippen molar-refractivity contribution in [1.29, 1.82) is 0 Å². The Morgan fingerprint density at radius 1 is 1.11 bits per heavy atom. The molecule has 0 unspecified atom stereocenters. The van der Waals surface area contributed by atoms with E-state index in [4.69, 9.17) is 14.2 Å². The van der Waals surface area contributed by atoms with Crippen LogP contribution in [0, 0.1) is 0 Å². The van der Waals surface area contributed by atoms with Crippen LogP contribution in [-0.4, -0.2) is 53.0 Å². The summed E-state index contributed by atoms with van der Waals surface area (Å²) in [6.07, 6.45) is 1.58. The Labute approximate surface area is 162 Å². The van der Waals surface area contributed by atoms with E-state index in [1.807, 2.05) is 30.3 Å². The van der Waals surface area contributed by atoms with Gasteiger partial charge in [-0.2, -0.15) is 0 Å². The van der Waals surface area contributed by atoms with Gasteiger partial charge in [0.05, 0.1) is 25.5 Å². The first-order valence-electron chi connectivity index (χ1n) is 8.62. The Kier molecular flexibility index (Phi) is 6.53. The topological polar surface area (TPSA) is 100 Å². The van der Waals surface area contributed by atoms with Gasteiger partial charge in [-0.3, -0.25) is 9.36 Å². The first kappa shape index (κ1) is 19.3. The second kappa shape index (κ2) is 9.47. The van der Waals surface area contributed by atoms with Gasteiger partial charge in [-0.15, -0.1) is 10.2 Å². The van der Waals surface area contributed by atoms with Crippen LogP contribution < -0.4 is 14.8 Å². The van der Waals surface area contributed by atoms with Gasteiger partial charge in [0.15, 0.2) is 5.82 Å². The van der Waals surface area contributed by atoms with E-state index in [1.165, 1.54) is 7.11 Å². The van der Waals surface area contributed by atoms with Crippen LogP contribution in [0.25, 0.3) is 5.69 Å². The number of amides is 1. The van der Waals surface area contributed by atoms with Crippen LogP contribution in [-0.2, 0) is 11.3 Å². The molecule has 9 heteroatoms. The molecular weight excluding hydrogens is 362 g/mol. The van der Waals surface area contributed by atoms with Crippen molar-refractivity contribution in [3.8, 4) is 17.3 Å². The number of carbonyl (C=O) groups excluding carboxylic acids is 1. The van der Waals surface area contributed by atoms with Gasteiger partial charge in [0.25, 0.3) is 5.91 Å². The molecule has 28 heavy (non-hydrogen) atoms. The summed E-state index contributed by atoms with van der Waals surface area (Å²) in [6, 6.07) is 12.9. The first-order chi connectivity index (χ1) is 13.7. The minimum atomic E-state index is -0.373. The van der Waals surface area contributed by atoms with Crippen LogP contribution in [0.4, 0.5) is 0 Å². The summed E-state index contributed by atoms with van der Waals surface area (Å²) in [7, 11) is 3.08. The zero-order valence-electron chi connectivity index (χ0n) is 15.7. The quantitative estimate of drug-likeness (QED) is 0.561. The summed E-state index contributed by atoms with van der Waals surface area (Å²) in [5.74, 6) is 1.46. The predicted octanol–water partition coefficient (Wildman–Crippen LogP) is 1.63. The van der Waals surface area contributed by atoms with Crippen molar-refractivity contribution in [2.75, 3.05) is 27.4 Å². The molecule has 2 heterocycles. The summed E-state index contributed by atoms with van der Waals surface area (Å²) < 4.78 is 17.4. The average Bonchev–Trinajstić information content (AvgIpc) is 3.16. The SMILES string of the molecule is COCc1nnc(C(=O)NCCOc2ccccc2)n1-c1ccc(OC)nc1. The number of methoxy groups -OCH3 is 2. The maximum atomic E-state index is 12.6. The summed E-state index contributed by atoms with van der Waals surface area (Å²) in [5.41, 5.74) is 0.628. The lowest BCUT2D eigenvalue weighted by atomic mass is 10.3. The highest BCUT2D eigenvalue weighted by molar-refractivity contribution is 5.91. The molecule has 0 spiro atoms. The number of para-hydroxylation sites is 1. The Morgan fingerprint density at radius 2 is 1.93 bits per heavy atom. The number of hydrogen-bond donors (Lipinski definition) is 1. The van der Waals surface area contributed by atoms with Gasteiger partial charge in [0, 0.05) is 13.2 Å². The van der Waals surface area contributed by atoms with Gasteiger partial charge in [-0.05, 0) is 18.2 Å². The molecule has 0 aliphatic rings. The zero-order valence-corrected chi connectivity index (χ0v) is 15.7. The highest BCUT2D eigenvalue weighted by atomic mass is 16.5. The zero-order chi connectivity index (χ0) is 19.8. The number of benzene rings is 1. The van der Waals surface area contributed by atoms with Crippen molar-refractivity contribution in [2.45, 2.75) is 6.61 Å². The van der Waals surface area contributed by atoms with E-state index in [0.29, 0.717) is 30.5 Å². The molecule has 0 bridgehead atoms. The second-order valence-electron chi connectivity index (χ2n) is 5.68. The molecule has 1 amide bonds. The Morgan fingerprint density at radius 3 is 2.61 bits per heavy atom. The maximum absolute atomic E-state index is 12.6. The molecule has 0 atom stereocenters. The number of ether oxygens (including phenoxy) is 3. The molecule has 3 rings (SSSR count). The number of nitrogens with zero attached hydrogens (tertiary/aromatic N) is 4. The fraction of sp³-hybridized carbons (Fsp3) is 0.263. The van der Waals surface area contributed by atoms with Crippen LogP contribution in [0.2, 0.25) is 0 Å². The number of nitrogens with one attached hydrogen (secondary N) is 1. The van der Waals surface area contributed by atoms with Crippen LogP contribution in [0.5, 0.6) is 11.6 Å². The third-order valence-electron chi connectivity index (χ3n) is 3.79. The fourth-order valence-electron chi connectivity index (χ4n) is 2.51. The molecule has 146 valence electrons. The average molecular weight is 383 g/mol. The summed E-state index contributed by atoms with van der Waals surface area (Å²) in [4.78, 5) is 16.8.